The Balaban J connectivity index is 1.53. The SMILES string of the molecule is CC(OC(=O)C(C)(C)C)OC(=O)[C@](C)(Cc1cc2c(-c3ccccc3)c(-c3ccccc3)c1OCO2)NC(=O)OCc1ccccc1. The van der Waals surface area contributed by atoms with Gasteiger partial charge in [-0.1, -0.05) is 91.0 Å². The molecule has 0 fully saturated rings. The van der Waals surface area contributed by atoms with Crippen LogP contribution in [0.15, 0.2) is 97.1 Å². The van der Waals surface area contributed by atoms with Gasteiger partial charge in [0.2, 0.25) is 13.1 Å². The molecule has 2 aliphatic rings. The van der Waals surface area contributed by atoms with Gasteiger partial charge in [0.25, 0.3) is 0 Å². The number of nitrogens with one attached hydrogen (secondary N) is 1. The summed E-state index contributed by atoms with van der Waals surface area (Å²) >= 11 is 0. The Morgan fingerprint density at radius 1 is 0.766 bits per heavy atom. The van der Waals surface area contributed by atoms with Crippen molar-refractivity contribution in [3.05, 3.63) is 108 Å². The number of hydrogen-bond donors (Lipinski definition) is 1. The molecule has 0 saturated carbocycles. The molecule has 0 radical (unpaired) electrons. The molecule has 0 aliphatic carbocycles. The van der Waals surface area contributed by atoms with Crippen LogP contribution in [0.2, 0.25) is 0 Å². The molecule has 4 aromatic carbocycles. The quantitative estimate of drug-likeness (QED) is 0.141. The minimum absolute atomic E-state index is 0.00627. The van der Waals surface area contributed by atoms with E-state index in [4.69, 9.17) is 23.7 Å². The summed E-state index contributed by atoms with van der Waals surface area (Å²) in [5, 5.41) is 2.73. The van der Waals surface area contributed by atoms with Gasteiger partial charge in [0.05, 0.1) is 5.41 Å². The normalized spacial score (nSPS) is 14.0. The molecule has 1 N–H and O–H groups in total. The maximum atomic E-state index is 13.9. The molecule has 9 heteroatoms. The van der Waals surface area contributed by atoms with E-state index in [-0.39, 0.29) is 19.8 Å². The van der Waals surface area contributed by atoms with Crippen LogP contribution in [0.5, 0.6) is 11.5 Å². The maximum Gasteiger partial charge on any atom is 0.408 e. The molecule has 0 spiro atoms. The van der Waals surface area contributed by atoms with E-state index in [2.05, 4.69) is 5.32 Å². The summed E-state index contributed by atoms with van der Waals surface area (Å²) in [6, 6.07) is 30.6. The first-order chi connectivity index (χ1) is 22.4. The second kappa shape index (κ2) is 14.0. The zero-order valence-corrected chi connectivity index (χ0v) is 27.2. The molecule has 1 unspecified atom stereocenters. The molecular weight excluding hydrogens is 598 g/mol. The second-order valence-corrected chi connectivity index (χ2v) is 12.6. The van der Waals surface area contributed by atoms with Gasteiger partial charge in [-0.2, -0.15) is 0 Å². The molecule has 2 bridgehead atoms. The van der Waals surface area contributed by atoms with Crippen LogP contribution in [0.4, 0.5) is 4.79 Å². The van der Waals surface area contributed by atoms with Crippen LogP contribution in [-0.4, -0.2) is 36.7 Å². The third-order valence-electron chi connectivity index (χ3n) is 7.61. The topological polar surface area (TPSA) is 109 Å². The summed E-state index contributed by atoms with van der Waals surface area (Å²) in [6.07, 6.45) is -2.11. The third kappa shape index (κ3) is 7.92. The number of amides is 1. The van der Waals surface area contributed by atoms with Crippen LogP contribution in [0.3, 0.4) is 0 Å². The number of ether oxygens (including phenoxy) is 5. The summed E-state index contributed by atoms with van der Waals surface area (Å²) in [4.78, 5) is 39.6. The van der Waals surface area contributed by atoms with Crippen molar-refractivity contribution in [2.24, 2.45) is 5.41 Å². The number of esters is 2. The number of hydrogen-bond acceptors (Lipinski definition) is 8. The molecule has 244 valence electrons. The molecule has 1 amide bonds. The number of alkyl carbamates (subject to hydrolysis) is 1. The lowest BCUT2D eigenvalue weighted by atomic mass is 9.86. The molecule has 6 rings (SSSR count). The van der Waals surface area contributed by atoms with Crippen molar-refractivity contribution < 1.29 is 38.1 Å². The van der Waals surface area contributed by atoms with Gasteiger partial charge >= 0.3 is 18.0 Å². The van der Waals surface area contributed by atoms with Crippen molar-refractivity contribution in [2.45, 2.75) is 59.5 Å². The molecule has 2 atom stereocenters. The fourth-order valence-corrected chi connectivity index (χ4v) is 5.19. The first-order valence-electron chi connectivity index (χ1n) is 15.4. The highest BCUT2D eigenvalue weighted by Crippen LogP contribution is 2.49. The highest BCUT2D eigenvalue weighted by Gasteiger charge is 2.41. The Morgan fingerprint density at radius 2 is 1.32 bits per heavy atom. The predicted octanol–water partition coefficient (Wildman–Crippen LogP) is 7.46. The van der Waals surface area contributed by atoms with E-state index < -0.39 is 35.3 Å². The van der Waals surface area contributed by atoms with Gasteiger partial charge in [0.1, 0.15) is 23.6 Å². The van der Waals surface area contributed by atoms with E-state index in [9.17, 15) is 14.4 Å². The Kier molecular flexibility index (Phi) is 9.84. The summed E-state index contributed by atoms with van der Waals surface area (Å²) in [5.74, 6) is -0.310. The van der Waals surface area contributed by atoms with Gasteiger partial charge in [-0.05, 0) is 50.5 Å². The Labute approximate surface area is 274 Å². The molecule has 4 aromatic rings. The molecule has 2 heterocycles. The smallest absolute Gasteiger partial charge is 0.408 e. The monoisotopic (exact) mass is 637 g/mol. The van der Waals surface area contributed by atoms with Gasteiger partial charge in [-0.15, -0.1) is 0 Å². The summed E-state index contributed by atoms with van der Waals surface area (Å²) in [7, 11) is 0. The van der Waals surface area contributed by atoms with Gasteiger partial charge in [0, 0.05) is 30.0 Å². The Morgan fingerprint density at radius 3 is 1.91 bits per heavy atom. The van der Waals surface area contributed by atoms with Crippen molar-refractivity contribution >= 4 is 18.0 Å². The number of benzene rings is 4. The first-order valence-corrected chi connectivity index (χ1v) is 15.4. The van der Waals surface area contributed by atoms with E-state index in [0.717, 1.165) is 27.8 Å². The van der Waals surface area contributed by atoms with Gasteiger partial charge in [-0.3, -0.25) is 4.79 Å². The minimum atomic E-state index is -1.68. The van der Waals surface area contributed by atoms with E-state index in [1.165, 1.54) is 13.8 Å². The summed E-state index contributed by atoms with van der Waals surface area (Å²) < 4.78 is 28.8. The zero-order chi connectivity index (χ0) is 33.6. The highest BCUT2D eigenvalue weighted by molar-refractivity contribution is 5.93. The molecular formula is C38H39NO8. The van der Waals surface area contributed by atoms with Crippen molar-refractivity contribution in [3.63, 3.8) is 0 Å². The number of carbonyl (C=O) groups is 3. The number of fused-ring (bicyclic) bond motifs is 4. The average Bonchev–Trinajstić information content (AvgIpc) is 3.36. The predicted molar refractivity (Wildman–Crippen MR) is 176 cm³/mol. The fraction of sp³-hybridized carbons (Fsp3) is 0.289. The van der Waals surface area contributed by atoms with Crippen LogP contribution in [-0.2, 0) is 36.8 Å². The van der Waals surface area contributed by atoms with Gasteiger partial charge in [0.15, 0.2) is 0 Å². The van der Waals surface area contributed by atoms with Crippen LogP contribution in [0, 0.1) is 5.41 Å². The summed E-state index contributed by atoms with van der Waals surface area (Å²) in [6.45, 7) is 8.02. The van der Waals surface area contributed by atoms with Gasteiger partial charge in [-0.25, -0.2) is 9.59 Å². The third-order valence-corrected chi connectivity index (χ3v) is 7.61. The Hall–Kier alpha value is -5.31. The molecule has 47 heavy (non-hydrogen) atoms. The first kappa shape index (κ1) is 33.1. The maximum absolute atomic E-state index is 13.9. The fourth-order valence-electron chi connectivity index (χ4n) is 5.19. The van der Waals surface area contributed by atoms with Crippen molar-refractivity contribution in [2.75, 3.05) is 6.79 Å². The standard InChI is InChI=1S/C38H39NO8/c1-25(46-34(40)37(2,3)4)47-35(41)38(5,39-36(42)43-23-26-15-9-6-10-16-26)22-29-21-30-31(27-17-11-7-12-18-27)32(33(29)45-24-44-30)28-19-13-8-14-20-28/h6-21,25H,22-24H2,1-5H3,(H,39,42)/t25?,38-/m0/s1. The van der Waals surface area contributed by atoms with Crippen molar-refractivity contribution in [1.82, 2.24) is 5.32 Å². The second-order valence-electron chi connectivity index (χ2n) is 12.6. The lowest BCUT2D eigenvalue weighted by Crippen LogP contribution is -2.55. The average molecular weight is 638 g/mol. The lowest BCUT2D eigenvalue weighted by molar-refractivity contribution is -0.194. The zero-order valence-electron chi connectivity index (χ0n) is 27.2. The number of rotatable bonds is 10. The summed E-state index contributed by atoms with van der Waals surface area (Å²) in [5.41, 5.74) is 2.33. The van der Waals surface area contributed by atoms with Crippen LogP contribution in [0.1, 0.15) is 45.7 Å². The van der Waals surface area contributed by atoms with Crippen LogP contribution in [0.25, 0.3) is 22.3 Å². The highest BCUT2D eigenvalue weighted by atomic mass is 16.7. The van der Waals surface area contributed by atoms with E-state index in [0.29, 0.717) is 17.1 Å². The largest absolute Gasteiger partial charge is 0.457 e. The van der Waals surface area contributed by atoms with E-state index in [1.54, 1.807) is 20.8 Å². The van der Waals surface area contributed by atoms with E-state index >= 15 is 0 Å². The molecule has 9 nitrogen and oxygen atoms in total. The number of carbonyl (C=O) groups excluding carboxylic acids is 3. The Bertz CT molecular complexity index is 1720. The van der Waals surface area contributed by atoms with Crippen molar-refractivity contribution in [1.29, 1.82) is 0 Å². The molecule has 2 aliphatic heterocycles. The van der Waals surface area contributed by atoms with Crippen LogP contribution >= 0.6 is 0 Å². The molecule has 0 saturated heterocycles. The van der Waals surface area contributed by atoms with Gasteiger partial charge < -0.3 is 29.0 Å². The minimum Gasteiger partial charge on any atom is -0.457 e. The van der Waals surface area contributed by atoms with Crippen LogP contribution < -0.4 is 14.8 Å². The molecule has 0 aromatic heterocycles. The van der Waals surface area contributed by atoms with Crippen molar-refractivity contribution in [3.8, 4) is 33.8 Å². The van der Waals surface area contributed by atoms with E-state index in [1.807, 2.05) is 97.1 Å². The lowest BCUT2D eigenvalue weighted by Gasteiger charge is -2.31.